The van der Waals surface area contributed by atoms with Gasteiger partial charge >= 0.3 is 0 Å². The van der Waals surface area contributed by atoms with E-state index in [0.29, 0.717) is 11.5 Å². The van der Waals surface area contributed by atoms with Gasteiger partial charge in [0.1, 0.15) is 0 Å². The van der Waals surface area contributed by atoms with Gasteiger partial charge in [-0.3, -0.25) is 4.72 Å². The normalized spacial score (nSPS) is 11.2. The molecular formula is C9H14ClN3O2S. The van der Waals surface area contributed by atoms with E-state index in [2.05, 4.69) is 9.71 Å². The van der Waals surface area contributed by atoms with Crippen molar-refractivity contribution < 1.29 is 8.42 Å². The Bertz CT molecular complexity index is 448. The van der Waals surface area contributed by atoms with E-state index in [0.717, 1.165) is 0 Å². The Balaban J connectivity index is 2.97. The van der Waals surface area contributed by atoms with Gasteiger partial charge in [-0.05, 0) is 12.1 Å². The molecule has 0 aliphatic heterocycles. The summed E-state index contributed by atoms with van der Waals surface area (Å²) in [5.41, 5.74) is 0.456. The Kier molecular flexibility index (Phi) is 4.37. The molecule has 0 fully saturated rings. The SMILES string of the molecule is CN(C)c1ncccc1NS(=O)(=O)CCCl. The summed E-state index contributed by atoms with van der Waals surface area (Å²) in [7, 11) is 0.197. The highest BCUT2D eigenvalue weighted by molar-refractivity contribution is 7.92. The summed E-state index contributed by atoms with van der Waals surface area (Å²) >= 11 is 5.41. The summed E-state index contributed by atoms with van der Waals surface area (Å²) in [6.07, 6.45) is 1.61. The molecule has 0 aliphatic carbocycles. The quantitative estimate of drug-likeness (QED) is 0.809. The molecule has 1 N–H and O–H groups in total. The minimum Gasteiger partial charge on any atom is -0.361 e. The van der Waals surface area contributed by atoms with Gasteiger partial charge in [0.25, 0.3) is 0 Å². The van der Waals surface area contributed by atoms with Gasteiger partial charge in [0.05, 0.1) is 11.4 Å². The van der Waals surface area contributed by atoms with E-state index in [4.69, 9.17) is 11.6 Å². The molecule has 0 radical (unpaired) electrons. The predicted molar refractivity (Wildman–Crippen MR) is 66.7 cm³/mol. The molecule has 1 aromatic heterocycles. The highest BCUT2D eigenvalue weighted by Gasteiger charge is 2.13. The van der Waals surface area contributed by atoms with Crippen molar-refractivity contribution in [1.29, 1.82) is 0 Å². The molecular weight excluding hydrogens is 250 g/mol. The van der Waals surface area contributed by atoms with E-state index in [1.165, 1.54) is 0 Å². The first kappa shape index (κ1) is 13.1. The third kappa shape index (κ3) is 3.53. The third-order valence-electron chi connectivity index (χ3n) is 1.82. The average Bonchev–Trinajstić information content (AvgIpc) is 2.17. The lowest BCUT2D eigenvalue weighted by atomic mass is 10.4. The van der Waals surface area contributed by atoms with Crippen molar-refractivity contribution >= 4 is 33.1 Å². The minimum atomic E-state index is -3.39. The van der Waals surface area contributed by atoms with Gasteiger partial charge in [0.15, 0.2) is 5.82 Å². The van der Waals surface area contributed by atoms with Crippen LogP contribution in [0.2, 0.25) is 0 Å². The van der Waals surface area contributed by atoms with E-state index >= 15 is 0 Å². The largest absolute Gasteiger partial charge is 0.361 e. The van der Waals surface area contributed by atoms with Crippen molar-refractivity contribution in [3.63, 3.8) is 0 Å². The van der Waals surface area contributed by atoms with Crippen LogP contribution in [0.15, 0.2) is 18.3 Å². The molecule has 0 saturated heterocycles. The maximum Gasteiger partial charge on any atom is 0.234 e. The number of halogens is 1. The maximum absolute atomic E-state index is 11.5. The second-order valence-corrected chi connectivity index (χ2v) is 5.60. The molecule has 1 aromatic rings. The summed E-state index contributed by atoms with van der Waals surface area (Å²) in [5, 5.41) is 0. The Morgan fingerprint density at radius 1 is 1.50 bits per heavy atom. The van der Waals surface area contributed by atoms with Crippen LogP contribution < -0.4 is 9.62 Å². The zero-order chi connectivity index (χ0) is 12.2. The second kappa shape index (κ2) is 5.36. The molecule has 0 aliphatic rings. The van der Waals surface area contributed by atoms with Gasteiger partial charge in [-0.15, -0.1) is 11.6 Å². The molecule has 1 rings (SSSR count). The van der Waals surface area contributed by atoms with E-state index < -0.39 is 10.0 Å². The number of hydrogen-bond donors (Lipinski definition) is 1. The fourth-order valence-electron chi connectivity index (χ4n) is 1.15. The smallest absolute Gasteiger partial charge is 0.234 e. The van der Waals surface area contributed by atoms with Crippen molar-refractivity contribution in [2.24, 2.45) is 0 Å². The number of aromatic nitrogens is 1. The third-order valence-corrected chi connectivity index (χ3v) is 3.51. The van der Waals surface area contributed by atoms with E-state index in [-0.39, 0.29) is 11.6 Å². The van der Waals surface area contributed by atoms with Crippen LogP contribution in [-0.2, 0) is 10.0 Å². The fraction of sp³-hybridized carbons (Fsp3) is 0.444. The predicted octanol–water partition coefficient (Wildman–Crippen LogP) is 1.13. The number of sulfonamides is 1. The van der Waals surface area contributed by atoms with Crippen molar-refractivity contribution in [3.05, 3.63) is 18.3 Å². The molecule has 90 valence electrons. The summed E-state index contributed by atoms with van der Waals surface area (Å²) < 4.78 is 25.5. The first-order valence-corrected chi connectivity index (χ1v) is 6.84. The Morgan fingerprint density at radius 2 is 2.19 bits per heavy atom. The van der Waals surface area contributed by atoms with Crippen molar-refractivity contribution in [3.8, 4) is 0 Å². The summed E-state index contributed by atoms with van der Waals surface area (Å²) in [6, 6.07) is 3.33. The van der Waals surface area contributed by atoms with Gasteiger partial charge in [0, 0.05) is 26.2 Å². The molecule has 0 bridgehead atoms. The lowest BCUT2D eigenvalue weighted by Gasteiger charge is -2.16. The highest BCUT2D eigenvalue weighted by Crippen LogP contribution is 2.21. The summed E-state index contributed by atoms with van der Waals surface area (Å²) in [6.45, 7) is 0. The number of rotatable bonds is 5. The zero-order valence-corrected chi connectivity index (χ0v) is 10.7. The maximum atomic E-state index is 11.5. The second-order valence-electron chi connectivity index (χ2n) is 3.38. The summed E-state index contributed by atoms with van der Waals surface area (Å²) in [4.78, 5) is 5.82. The molecule has 0 spiro atoms. The molecule has 5 nitrogen and oxygen atoms in total. The van der Waals surface area contributed by atoms with Crippen LogP contribution in [0, 0.1) is 0 Å². The van der Waals surface area contributed by atoms with Crippen LogP contribution in [-0.4, -0.2) is 39.1 Å². The van der Waals surface area contributed by atoms with Crippen molar-refractivity contribution in [2.45, 2.75) is 0 Å². The topological polar surface area (TPSA) is 62.3 Å². The van der Waals surface area contributed by atoms with E-state index in [1.54, 1.807) is 37.3 Å². The average molecular weight is 264 g/mol. The minimum absolute atomic E-state index is 0.0624. The van der Waals surface area contributed by atoms with Crippen LogP contribution in [0.1, 0.15) is 0 Å². The van der Waals surface area contributed by atoms with Crippen LogP contribution in [0.3, 0.4) is 0 Å². The molecule has 7 heteroatoms. The molecule has 16 heavy (non-hydrogen) atoms. The summed E-state index contributed by atoms with van der Waals surface area (Å²) in [5.74, 6) is 0.518. The van der Waals surface area contributed by atoms with E-state index in [1.807, 2.05) is 0 Å². The zero-order valence-electron chi connectivity index (χ0n) is 9.14. The number of nitrogens with zero attached hydrogens (tertiary/aromatic N) is 2. The standard InChI is InChI=1S/C9H14ClN3O2S/c1-13(2)9-8(4-3-6-11-9)12-16(14,15)7-5-10/h3-4,6,12H,5,7H2,1-2H3. The molecule has 0 unspecified atom stereocenters. The highest BCUT2D eigenvalue weighted by atomic mass is 35.5. The number of anilines is 2. The van der Waals surface area contributed by atoms with Gasteiger partial charge in [-0.2, -0.15) is 0 Å². The van der Waals surface area contributed by atoms with Crippen LogP contribution in [0.4, 0.5) is 11.5 Å². The number of pyridine rings is 1. The van der Waals surface area contributed by atoms with Gasteiger partial charge in [-0.1, -0.05) is 0 Å². The van der Waals surface area contributed by atoms with E-state index in [9.17, 15) is 8.42 Å². The number of nitrogens with one attached hydrogen (secondary N) is 1. The van der Waals surface area contributed by atoms with Crippen molar-refractivity contribution in [2.75, 3.05) is 35.4 Å². The Labute approximate surface area is 100 Å². The fourth-order valence-corrected chi connectivity index (χ4v) is 2.56. The van der Waals surface area contributed by atoms with Crippen molar-refractivity contribution in [1.82, 2.24) is 4.98 Å². The lowest BCUT2D eigenvalue weighted by molar-refractivity contribution is 0.602. The molecule has 0 amide bonds. The monoisotopic (exact) mass is 263 g/mol. The Morgan fingerprint density at radius 3 is 2.75 bits per heavy atom. The van der Waals surface area contributed by atoms with Crippen LogP contribution in [0.5, 0.6) is 0 Å². The van der Waals surface area contributed by atoms with Gasteiger partial charge < -0.3 is 4.90 Å². The van der Waals surface area contributed by atoms with Crippen LogP contribution >= 0.6 is 11.6 Å². The molecule has 0 atom stereocenters. The molecule has 1 heterocycles. The van der Waals surface area contributed by atoms with Gasteiger partial charge in [0.2, 0.25) is 10.0 Å². The first-order chi connectivity index (χ1) is 7.46. The number of alkyl halides is 1. The molecule has 0 saturated carbocycles. The lowest BCUT2D eigenvalue weighted by Crippen LogP contribution is -2.20. The number of hydrogen-bond acceptors (Lipinski definition) is 4. The van der Waals surface area contributed by atoms with Gasteiger partial charge in [-0.25, -0.2) is 13.4 Å². The Hall–Kier alpha value is -1.01. The molecule has 0 aromatic carbocycles. The van der Waals surface area contributed by atoms with Crippen LogP contribution in [0.25, 0.3) is 0 Å². The first-order valence-electron chi connectivity index (χ1n) is 4.65.